The predicted molar refractivity (Wildman–Crippen MR) is 45.7 cm³/mol. The second-order valence-electron chi connectivity index (χ2n) is 3.06. The number of hydrogen-bond donors (Lipinski definition) is 1. The third-order valence-corrected chi connectivity index (χ3v) is 2.09. The van der Waals surface area contributed by atoms with Gasteiger partial charge in [0.1, 0.15) is 6.10 Å². The van der Waals surface area contributed by atoms with E-state index in [0.29, 0.717) is 0 Å². The smallest absolute Gasteiger partial charge is 0.256 e. The molecular weight excluding hydrogens is 170 g/mol. The molecule has 4 heteroatoms. The van der Waals surface area contributed by atoms with Crippen LogP contribution in [-0.4, -0.2) is 23.3 Å². The van der Waals surface area contributed by atoms with Crippen molar-refractivity contribution in [1.82, 2.24) is 4.98 Å². The van der Waals surface area contributed by atoms with Gasteiger partial charge in [0.2, 0.25) is 0 Å². The van der Waals surface area contributed by atoms with Crippen molar-refractivity contribution in [3.8, 4) is 11.6 Å². The first kappa shape index (κ1) is 8.31. The van der Waals surface area contributed by atoms with Crippen molar-refractivity contribution in [2.24, 2.45) is 0 Å². The van der Waals surface area contributed by atoms with Crippen LogP contribution >= 0.6 is 0 Å². The summed E-state index contributed by atoms with van der Waals surface area (Å²) in [5, 5.41) is 9.41. The Balaban J connectivity index is 2.25. The molecule has 1 aliphatic heterocycles. The van der Waals surface area contributed by atoms with E-state index < -0.39 is 0 Å². The van der Waals surface area contributed by atoms with Crippen LogP contribution in [0.1, 0.15) is 18.6 Å². The number of hydrogen-bond acceptors (Lipinski definition) is 4. The Bertz CT molecular complexity index is 327. The minimum atomic E-state index is 0.0581. The van der Waals surface area contributed by atoms with Gasteiger partial charge in [0.15, 0.2) is 5.75 Å². The van der Waals surface area contributed by atoms with Crippen molar-refractivity contribution in [2.45, 2.75) is 19.1 Å². The summed E-state index contributed by atoms with van der Waals surface area (Å²) >= 11 is 0. The van der Waals surface area contributed by atoms with E-state index in [4.69, 9.17) is 9.47 Å². The second kappa shape index (κ2) is 2.88. The van der Waals surface area contributed by atoms with Crippen molar-refractivity contribution < 1.29 is 14.6 Å². The molecule has 0 bridgehead atoms. The molecule has 1 aromatic rings. The van der Waals surface area contributed by atoms with E-state index in [-0.39, 0.29) is 23.8 Å². The molecule has 0 spiro atoms. The molecule has 0 aliphatic carbocycles. The Labute approximate surface area is 76.1 Å². The Morgan fingerprint density at radius 1 is 1.62 bits per heavy atom. The van der Waals surface area contributed by atoms with Crippen LogP contribution in [0.25, 0.3) is 0 Å². The summed E-state index contributed by atoms with van der Waals surface area (Å²) in [4.78, 5) is 3.94. The monoisotopic (exact) mass is 181 g/mol. The van der Waals surface area contributed by atoms with Crippen LogP contribution in [0.4, 0.5) is 0 Å². The molecule has 4 nitrogen and oxygen atoms in total. The molecule has 1 N–H and O–H groups in total. The minimum absolute atomic E-state index is 0.0581. The number of methoxy groups -OCH3 is 1. The lowest BCUT2D eigenvalue weighted by Gasteiger charge is -2.02. The number of epoxide rings is 1. The van der Waals surface area contributed by atoms with E-state index in [9.17, 15) is 5.11 Å². The molecular formula is C9H11NO3. The van der Waals surface area contributed by atoms with Gasteiger partial charge in [-0.25, -0.2) is 4.98 Å². The summed E-state index contributed by atoms with van der Waals surface area (Å²) in [7, 11) is 1.47. The zero-order valence-corrected chi connectivity index (χ0v) is 7.52. The quantitative estimate of drug-likeness (QED) is 0.698. The fourth-order valence-electron chi connectivity index (χ4n) is 1.30. The highest BCUT2D eigenvalue weighted by molar-refractivity contribution is 5.36. The number of rotatable bonds is 2. The molecule has 1 fully saturated rings. The molecule has 70 valence electrons. The van der Waals surface area contributed by atoms with Gasteiger partial charge in [-0.15, -0.1) is 0 Å². The van der Waals surface area contributed by atoms with Gasteiger partial charge in [-0.2, -0.15) is 0 Å². The van der Waals surface area contributed by atoms with Crippen LogP contribution in [0.2, 0.25) is 0 Å². The third kappa shape index (κ3) is 1.45. The van der Waals surface area contributed by atoms with Gasteiger partial charge < -0.3 is 14.6 Å². The standard InChI is InChI=1S/C9H11NO3/c1-5-8(13-5)6-3-7(11)9(12-2)10-4-6/h3-5,8,11H,1-2H3. The maximum absolute atomic E-state index is 9.41. The topological polar surface area (TPSA) is 54.9 Å². The summed E-state index contributed by atoms with van der Waals surface area (Å²) in [5.41, 5.74) is 0.894. The summed E-state index contributed by atoms with van der Waals surface area (Å²) < 4.78 is 10.1. The average Bonchev–Trinajstić information content (AvgIpc) is 2.82. The molecule has 0 amide bonds. The maximum Gasteiger partial charge on any atom is 0.256 e. The molecule has 0 saturated carbocycles. The van der Waals surface area contributed by atoms with E-state index in [2.05, 4.69) is 4.98 Å². The first-order valence-electron chi connectivity index (χ1n) is 4.10. The Hall–Kier alpha value is -1.29. The minimum Gasteiger partial charge on any atom is -0.503 e. The van der Waals surface area contributed by atoms with Crippen LogP contribution in [0.5, 0.6) is 11.6 Å². The Morgan fingerprint density at radius 3 is 2.77 bits per heavy atom. The fourth-order valence-corrected chi connectivity index (χ4v) is 1.30. The van der Waals surface area contributed by atoms with Crippen LogP contribution in [-0.2, 0) is 4.74 Å². The lowest BCUT2D eigenvalue weighted by molar-refractivity contribution is 0.355. The van der Waals surface area contributed by atoms with Gasteiger partial charge in [-0.1, -0.05) is 0 Å². The predicted octanol–water partition coefficient (Wildman–Crippen LogP) is 1.26. The Morgan fingerprint density at radius 2 is 2.31 bits per heavy atom. The molecule has 0 aromatic carbocycles. The van der Waals surface area contributed by atoms with Crippen LogP contribution in [0.3, 0.4) is 0 Å². The first-order valence-corrected chi connectivity index (χ1v) is 4.10. The van der Waals surface area contributed by atoms with Crippen molar-refractivity contribution in [1.29, 1.82) is 0 Å². The van der Waals surface area contributed by atoms with Gasteiger partial charge in [0.05, 0.1) is 13.2 Å². The number of ether oxygens (including phenoxy) is 2. The number of aromatic nitrogens is 1. The normalized spacial score (nSPS) is 25.7. The molecule has 2 atom stereocenters. The van der Waals surface area contributed by atoms with E-state index in [0.717, 1.165) is 5.56 Å². The van der Waals surface area contributed by atoms with Gasteiger partial charge in [-0.05, 0) is 13.0 Å². The van der Waals surface area contributed by atoms with Crippen molar-refractivity contribution in [2.75, 3.05) is 7.11 Å². The molecule has 1 aromatic heterocycles. The summed E-state index contributed by atoms with van der Waals surface area (Å²) in [6, 6.07) is 1.62. The summed E-state index contributed by atoms with van der Waals surface area (Å²) in [6.45, 7) is 1.98. The van der Waals surface area contributed by atoms with Gasteiger partial charge in [0, 0.05) is 11.8 Å². The fraction of sp³-hybridized carbons (Fsp3) is 0.444. The number of pyridine rings is 1. The van der Waals surface area contributed by atoms with Crippen molar-refractivity contribution in [3.05, 3.63) is 17.8 Å². The van der Waals surface area contributed by atoms with E-state index in [1.54, 1.807) is 12.3 Å². The van der Waals surface area contributed by atoms with Crippen LogP contribution < -0.4 is 4.74 Å². The van der Waals surface area contributed by atoms with E-state index in [1.807, 2.05) is 6.92 Å². The average molecular weight is 181 g/mol. The van der Waals surface area contributed by atoms with Crippen LogP contribution in [0, 0.1) is 0 Å². The third-order valence-electron chi connectivity index (χ3n) is 2.09. The summed E-state index contributed by atoms with van der Waals surface area (Å²) in [6.07, 6.45) is 1.98. The highest BCUT2D eigenvalue weighted by Gasteiger charge is 2.36. The molecule has 1 saturated heterocycles. The molecule has 0 radical (unpaired) electrons. The first-order chi connectivity index (χ1) is 6.22. The summed E-state index contributed by atoms with van der Waals surface area (Å²) in [5.74, 6) is 0.305. The zero-order chi connectivity index (χ0) is 9.42. The lowest BCUT2D eigenvalue weighted by Crippen LogP contribution is -1.91. The second-order valence-corrected chi connectivity index (χ2v) is 3.06. The maximum atomic E-state index is 9.41. The van der Waals surface area contributed by atoms with Crippen molar-refractivity contribution >= 4 is 0 Å². The van der Waals surface area contributed by atoms with Crippen LogP contribution in [0.15, 0.2) is 12.3 Å². The van der Waals surface area contributed by atoms with E-state index in [1.165, 1.54) is 7.11 Å². The largest absolute Gasteiger partial charge is 0.503 e. The molecule has 1 aliphatic rings. The van der Waals surface area contributed by atoms with Gasteiger partial charge in [0.25, 0.3) is 5.88 Å². The Kier molecular flexibility index (Phi) is 1.84. The number of nitrogens with zero attached hydrogens (tertiary/aromatic N) is 1. The molecule has 2 rings (SSSR count). The zero-order valence-electron chi connectivity index (χ0n) is 7.52. The van der Waals surface area contributed by atoms with Gasteiger partial charge >= 0.3 is 0 Å². The number of aromatic hydroxyl groups is 1. The van der Waals surface area contributed by atoms with E-state index >= 15 is 0 Å². The lowest BCUT2D eigenvalue weighted by atomic mass is 10.2. The molecule has 13 heavy (non-hydrogen) atoms. The SMILES string of the molecule is COc1ncc(C2OC2C)cc1O. The van der Waals surface area contributed by atoms with Gasteiger partial charge in [-0.3, -0.25) is 0 Å². The van der Waals surface area contributed by atoms with Crippen molar-refractivity contribution in [3.63, 3.8) is 0 Å². The molecule has 2 unspecified atom stereocenters. The molecule has 2 heterocycles. The highest BCUT2D eigenvalue weighted by atomic mass is 16.6. The highest BCUT2D eigenvalue weighted by Crippen LogP contribution is 2.39.